The van der Waals surface area contributed by atoms with Crippen LogP contribution in [-0.4, -0.2) is 66.1 Å². The van der Waals surface area contributed by atoms with Gasteiger partial charge in [0.15, 0.2) is 0 Å². The molecule has 2 nitrogen and oxygen atoms in total. The van der Waals surface area contributed by atoms with Crippen LogP contribution in [-0.2, 0) is 9.53 Å². The average Bonchev–Trinajstić information content (AvgIpc) is 2.69. The zero-order valence-electron chi connectivity index (χ0n) is 18.7. The van der Waals surface area contributed by atoms with Gasteiger partial charge in [0.2, 0.25) is 5.41 Å². The molecule has 23 heteroatoms. The lowest BCUT2D eigenvalue weighted by Crippen LogP contribution is -2.80. The lowest BCUT2D eigenvalue weighted by Gasteiger charge is -2.52. The highest BCUT2D eigenvalue weighted by molar-refractivity contribution is 5.87. The second-order valence-corrected chi connectivity index (χ2v) is 7.83. The number of ether oxygens (including phenoxy) is 1. The van der Waals surface area contributed by atoms with Crippen molar-refractivity contribution >= 4 is 5.97 Å². The van der Waals surface area contributed by atoms with Gasteiger partial charge >= 0.3 is 60.0 Å². The molecule has 0 aromatic rings. The highest BCUT2D eigenvalue weighted by atomic mass is 19.4. The molecule has 0 saturated heterocycles. The third-order valence-electron chi connectivity index (χ3n) is 5.18. The van der Waals surface area contributed by atoms with E-state index in [1.165, 1.54) is 0 Å². The van der Waals surface area contributed by atoms with E-state index in [-0.39, 0.29) is 6.92 Å². The summed E-state index contributed by atoms with van der Waals surface area (Å²) >= 11 is 0. The Bertz CT molecular complexity index is 954. The number of hydrogen-bond acceptors (Lipinski definition) is 2. The number of hydrogen-bond donors (Lipinski definition) is 0. The molecule has 2 atom stereocenters. The molecule has 2 unspecified atom stereocenters. The van der Waals surface area contributed by atoms with Gasteiger partial charge in [-0.25, -0.2) is 4.79 Å². The van der Waals surface area contributed by atoms with E-state index in [4.69, 9.17) is 0 Å². The summed E-state index contributed by atoms with van der Waals surface area (Å²) in [5.74, 6) is -56.4. The van der Waals surface area contributed by atoms with Crippen LogP contribution in [0, 0.1) is 5.41 Å². The summed E-state index contributed by atoms with van der Waals surface area (Å²) in [5.41, 5.74) is -9.66. The van der Waals surface area contributed by atoms with Gasteiger partial charge in [0.25, 0.3) is 0 Å². The Morgan fingerprint density at radius 3 is 1.10 bits per heavy atom. The molecular weight excluding hydrogens is 635 g/mol. The summed E-state index contributed by atoms with van der Waals surface area (Å²) in [5, 5.41) is 0. The Morgan fingerprint density at radius 2 is 0.850 bits per heavy atom. The van der Waals surface area contributed by atoms with Crippen LogP contribution in [0.3, 0.4) is 0 Å². The molecule has 0 aromatic heterocycles. The topological polar surface area (TPSA) is 26.3 Å². The summed E-state index contributed by atoms with van der Waals surface area (Å²) in [4.78, 5) is 11.5. The number of halogens is 21. The van der Waals surface area contributed by atoms with Gasteiger partial charge in [0.05, 0.1) is 0 Å². The van der Waals surface area contributed by atoms with Crippen LogP contribution < -0.4 is 0 Å². The molecule has 0 aromatic carbocycles. The fourth-order valence-electron chi connectivity index (χ4n) is 3.09. The van der Waals surface area contributed by atoms with Crippen molar-refractivity contribution in [1.29, 1.82) is 0 Å². The predicted octanol–water partition coefficient (Wildman–Crippen LogP) is 8.37. The smallest absolute Gasteiger partial charge is 0.458 e. The first-order valence-corrected chi connectivity index (χ1v) is 9.37. The first-order valence-electron chi connectivity index (χ1n) is 9.37. The van der Waals surface area contributed by atoms with Gasteiger partial charge in [-0.15, -0.1) is 0 Å². The summed E-state index contributed by atoms with van der Waals surface area (Å²) in [6.07, 6.45) is -32.3. The van der Waals surface area contributed by atoms with Crippen LogP contribution in [0.1, 0.15) is 20.3 Å². The van der Waals surface area contributed by atoms with E-state index >= 15 is 0 Å². The van der Waals surface area contributed by atoms with E-state index in [2.05, 4.69) is 11.3 Å². The number of carbonyl (C=O) groups is 1. The fraction of sp³-hybridized carbons (Fsp3) is 0.824. The Hall–Kier alpha value is -2.26. The van der Waals surface area contributed by atoms with Crippen LogP contribution in [0.4, 0.5) is 92.2 Å². The van der Waals surface area contributed by atoms with Crippen LogP contribution in [0.25, 0.3) is 0 Å². The van der Waals surface area contributed by atoms with E-state index in [0.29, 0.717) is 6.92 Å². The minimum Gasteiger partial charge on any atom is -0.458 e. The molecule has 238 valence electrons. The molecule has 0 spiro atoms. The third kappa shape index (κ3) is 4.81. The lowest BCUT2D eigenvalue weighted by molar-refractivity contribution is -0.497. The van der Waals surface area contributed by atoms with E-state index in [1.54, 1.807) is 0 Å². The third-order valence-corrected chi connectivity index (χ3v) is 5.18. The van der Waals surface area contributed by atoms with Crippen molar-refractivity contribution < 1.29 is 102 Å². The molecule has 0 aliphatic carbocycles. The maximum Gasteiger partial charge on any atom is 0.460 e. The van der Waals surface area contributed by atoms with Gasteiger partial charge in [-0.05, 0) is 13.3 Å². The first kappa shape index (κ1) is 37.7. The first-order chi connectivity index (χ1) is 17.0. The Labute approximate surface area is 207 Å². The van der Waals surface area contributed by atoms with Crippen LogP contribution in [0.5, 0.6) is 0 Å². The van der Waals surface area contributed by atoms with Gasteiger partial charge in [-0.1, -0.05) is 13.5 Å². The highest BCUT2D eigenvalue weighted by Gasteiger charge is 3.00. The van der Waals surface area contributed by atoms with E-state index in [9.17, 15) is 97.0 Å². The molecule has 0 heterocycles. The zero-order chi connectivity index (χ0) is 33.1. The number of rotatable bonds is 10. The normalized spacial score (nSPS) is 17.8. The summed E-state index contributed by atoms with van der Waals surface area (Å²) in [6, 6.07) is 0. The molecule has 0 aliphatic heterocycles. The number of carbonyl (C=O) groups excluding carboxylic acids is 1. The molecule has 0 amide bonds. The molecule has 0 bridgehead atoms. The maximum absolute atomic E-state index is 14.8. The van der Waals surface area contributed by atoms with Crippen molar-refractivity contribution in [2.45, 2.75) is 80.4 Å². The van der Waals surface area contributed by atoms with Crippen molar-refractivity contribution in [2.75, 3.05) is 0 Å². The van der Waals surface area contributed by atoms with E-state index in [0.717, 1.165) is 0 Å². The largest absolute Gasteiger partial charge is 0.460 e. The fourth-order valence-corrected chi connectivity index (χ4v) is 3.09. The van der Waals surface area contributed by atoms with Gasteiger partial charge in [-0.2, -0.15) is 92.2 Å². The number of alkyl halides is 21. The molecular formula is C17H11F21O2. The van der Waals surface area contributed by atoms with Crippen molar-refractivity contribution in [1.82, 2.24) is 0 Å². The van der Waals surface area contributed by atoms with Gasteiger partial charge in [0.1, 0.15) is 6.10 Å². The molecule has 0 aliphatic rings. The summed E-state index contributed by atoms with van der Waals surface area (Å²) in [6.45, 7) is 2.65. The second-order valence-electron chi connectivity index (χ2n) is 7.83. The predicted molar refractivity (Wildman–Crippen MR) is 85.3 cm³/mol. The van der Waals surface area contributed by atoms with Crippen LogP contribution in [0.15, 0.2) is 12.2 Å². The molecule has 0 radical (unpaired) electrons. The number of esters is 1. The summed E-state index contributed by atoms with van der Waals surface area (Å²) in [7, 11) is 0. The zero-order valence-corrected chi connectivity index (χ0v) is 18.7. The maximum atomic E-state index is 14.8. The molecule has 0 rings (SSSR count). The van der Waals surface area contributed by atoms with E-state index in [1.807, 2.05) is 0 Å². The molecule has 0 fully saturated rings. The van der Waals surface area contributed by atoms with Crippen molar-refractivity contribution in [3.05, 3.63) is 12.2 Å². The van der Waals surface area contributed by atoms with Gasteiger partial charge < -0.3 is 4.74 Å². The van der Waals surface area contributed by atoms with Crippen molar-refractivity contribution in [3.63, 3.8) is 0 Å². The Kier molecular flexibility index (Phi) is 9.37. The quantitative estimate of drug-likeness (QED) is 0.136. The minimum absolute atomic E-state index is 0.192. The van der Waals surface area contributed by atoms with Crippen molar-refractivity contribution in [3.8, 4) is 0 Å². The Balaban J connectivity index is 8.26. The van der Waals surface area contributed by atoms with Crippen molar-refractivity contribution in [2.24, 2.45) is 5.41 Å². The average molecular weight is 646 g/mol. The second kappa shape index (κ2) is 9.93. The lowest BCUT2D eigenvalue weighted by atomic mass is 9.65. The minimum atomic E-state index is -9.29. The van der Waals surface area contributed by atoms with Gasteiger partial charge in [-0.3, -0.25) is 0 Å². The van der Waals surface area contributed by atoms with E-state index < -0.39 is 83.5 Å². The SMILES string of the molecule is C=C(C)C(=O)OC(CC)C(C(F)(F)F)(C(F)(F)C(F)(F)F)C(F)(F)C(F)(F)C(F)(F)C(F)(F)C(F)(F)C(F)(F)F. The molecule has 0 saturated carbocycles. The van der Waals surface area contributed by atoms with Crippen LogP contribution >= 0.6 is 0 Å². The Morgan fingerprint density at radius 1 is 0.550 bits per heavy atom. The standard InChI is InChI=1S/C17H11F21O2/c1-4-6(40-7(39)5(2)3)8(15(30,31)32,10(20,21)16(33,34)35)9(18,19)11(22,23)12(24,25)13(26,27)14(28,29)17(36,37)38/h6H,2,4H2,1,3H3. The molecule has 0 N–H and O–H groups in total. The van der Waals surface area contributed by atoms with Gasteiger partial charge in [0, 0.05) is 5.57 Å². The monoisotopic (exact) mass is 646 g/mol. The highest BCUT2D eigenvalue weighted by Crippen LogP contribution is 2.71. The molecule has 40 heavy (non-hydrogen) atoms. The van der Waals surface area contributed by atoms with Crippen LogP contribution in [0.2, 0.25) is 0 Å². The summed E-state index contributed by atoms with van der Waals surface area (Å²) < 4.78 is 288.